The fraction of sp³-hybridized carbons (Fsp3) is 0.667. The Morgan fingerprint density at radius 3 is 2.12 bits per heavy atom. The fourth-order valence-electron chi connectivity index (χ4n) is 3.11. The molecule has 1 fully saturated rings. The summed E-state index contributed by atoms with van der Waals surface area (Å²) in [4.78, 5) is 5.21. The van der Waals surface area contributed by atoms with Gasteiger partial charge >= 0.3 is 0 Å². The number of sulfonamides is 1. The van der Waals surface area contributed by atoms with Gasteiger partial charge in [-0.05, 0) is 51.7 Å². The summed E-state index contributed by atoms with van der Waals surface area (Å²) in [5.41, 5.74) is 1.08. The van der Waals surface area contributed by atoms with Crippen LogP contribution in [0.25, 0.3) is 0 Å². The third-order valence-corrected chi connectivity index (χ3v) is 6.75. The van der Waals surface area contributed by atoms with E-state index in [1.807, 2.05) is 19.1 Å². The zero-order valence-electron chi connectivity index (χ0n) is 15.2. The molecular weight excluding hydrogens is 322 g/mol. The highest BCUT2D eigenvalue weighted by molar-refractivity contribution is 7.89. The second kappa shape index (κ2) is 8.94. The summed E-state index contributed by atoms with van der Waals surface area (Å²) >= 11 is 0. The number of hydrogen-bond donors (Lipinski definition) is 0. The minimum Gasteiger partial charge on any atom is -0.304 e. The molecular formula is C18H31N3O2S. The van der Waals surface area contributed by atoms with Crippen molar-refractivity contribution in [2.45, 2.75) is 32.1 Å². The van der Waals surface area contributed by atoms with Gasteiger partial charge in [-0.2, -0.15) is 4.31 Å². The van der Waals surface area contributed by atoms with Crippen molar-refractivity contribution in [1.29, 1.82) is 0 Å². The van der Waals surface area contributed by atoms with Gasteiger partial charge in [-0.3, -0.25) is 0 Å². The van der Waals surface area contributed by atoms with E-state index in [1.165, 1.54) is 0 Å². The molecule has 5 nitrogen and oxygen atoms in total. The molecule has 0 aliphatic carbocycles. The van der Waals surface area contributed by atoms with Crippen LogP contribution in [-0.4, -0.2) is 74.9 Å². The lowest BCUT2D eigenvalue weighted by Crippen LogP contribution is -2.49. The monoisotopic (exact) mass is 353 g/mol. The molecule has 1 aliphatic rings. The van der Waals surface area contributed by atoms with Gasteiger partial charge in [-0.1, -0.05) is 31.5 Å². The molecule has 0 unspecified atom stereocenters. The lowest BCUT2D eigenvalue weighted by atomic mass is 10.2. The Morgan fingerprint density at radius 1 is 1.00 bits per heavy atom. The Balaban J connectivity index is 1.82. The predicted molar refractivity (Wildman–Crippen MR) is 98.8 cm³/mol. The molecule has 1 saturated heterocycles. The molecule has 2 rings (SSSR count). The first-order valence-corrected chi connectivity index (χ1v) is 10.4. The Bertz CT molecular complexity index is 589. The van der Waals surface area contributed by atoms with Crippen LogP contribution >= 0.6 is 0 Å². The van der Waals surface area contributed by atoms with Crippen LogP contribution in [0.3, 0.4) is 0 Å². The largest absolute Gasteiger partial charge is 0.304 e. The quantitative estimate of drug-likeness (QED) is 0.717. The summed E-state index contributed by atoms with van der Waals surface area (Å²) in [6.45, 7) is 13.5. The molecule has 0 radical (unpaired) electrons. The molecule has 1 heterocycles. The smallest absolute Gasteiger partial charge is 0.243 e. The molecule has 24 heavy (non-hydrogen) atoms. The average Bonchev–Trinajstić information content (AvgIpc) is 2.59. The van der Waals surface area contributed by atoms with Crippen LogP contribution in [0.5, 0.6) is 0 Å². The Hall–Kier alpha value is -0.950. The van der Waals surface area contributed by atoms with E-state index in [9.17, 15) is 8.42 Å². The lowest BCUT2D eigenvalue weighted by molar-refractivity contribution is 0.176. The molecule has 0 spiro atoms. The summed E-state index contributed by atoms with van der Waals surface area (Å²) in [5, 5.41) is 0. The van der Waals surface area contributed by atoms with Gasteiger partial charge in [0.1, 0.15) is 0 Å². The maximum Gasteiger partial charge on any atom is 0.243 e. The number of nitrogens with zero attached hydrogens (tertiary/aromatic N) is 3. The summed E-state index contributed by atoms with van der Waals surface area (Å²) < 4.78 is 27.0. The number of piperazine rings is 1. The van der Waals surface area contributed by atoms with E-state index < -0.39 is 10.0 Å². The second-order valence-corrected chi connectivity index (χ2v) is 8.38. The van der Waals surface area contributed by atoms with Gasteiger partial charge in [0.2, 0.25) is 10.0 Å². The van der Waals surface area contributed by atoms with Gasteiger partial charge in [-0.15, -0.1) is 0 Å². The van der Waals surface area contributed by atoms with E-state index >= 15 is 0 Å². The normalized spacial score (nSPS) is 17.5. The van der Waals surface area contributed by atoms with Crippen LogP contribution in [0.2, 0.25) is 0 Å². The van der Waals surface area contributed by atoms with Crippen molar-refractivity contribution in [3.8, 4) is 0 Å². The van der Waals surface area contributed by atoms with Crippen LogP contribution in [0, 0.1) is 6.92 Å². The van der Waals surface area contributed by atoms with E-state index in [2.05, 4.69) is 23.6 Å². The van der Waals surface area contributed by atoms with Crippen LogP contribution in [0.4, 0.5) is 0 Å². The van der Waals surface area contributed by atoms with Crippen molar-refractivity contribution in [3.05, 3.63) is 29.8 Å². The number of hydrogen-bond acceptors (Lipinski definition) is 4. The van der Waals surface area contributed by atoms with E-state index in [4.69, 9.17) is 0 Å². The number of aryl methyl sites for hydroxylation is 1. The van der Waals surface area contributed by atoms with Crippen molar-refractivity contribution in [3.63, 3.8) is 0 Å². The molecule has 6 heteroatoms. The summed E-state index contributed by atoms with van der Waals surface area (Å²) in [5.74, 6) is 0. The zero-order chi connectivity index (χ0) is 17.6. The Morgan fingerprint density at radius 2 is 1.58 bits per heavy atom. The third kappa shape index (κ3) is 5.02. The van der Waals surface area contributed by atoms with Crippen molar-refractivity contribution < 1.29 is 8.42 Å². The maximum absolute atomic E-state index is 12.7. The van der Waals surface area contributed by atoms with Crippen molar-refractivity contribution >= 4 is 10.0 Å². The summed E-state index contributed by atoms with van der Waals surface area (Å²) in [6, 6.07) is 7.13. The van der Waals surface area contributed by atoms with Crippen LogP contribution in [0.15, 0.2) is 29.2 Å². The molecule has 1 aliphatic heterocycles. The first-order valence-electron chi connectivity index (χ1n) is 8.99. The van der Waals surface area contributed by atoms with E-state index in [0.717, 1.165) is 51.3 Å². The molecule has 0 aromatic heterocycles. The second-order valence-electron chi connectivity index (χ2n) is 6.44. The average molecular weight is 354 g/mol. The molecule has 0 atom stereocenters. The molecule has 0 saturated carbocycles. The molecule has 136 valence electrons. The first-order chi connectivity index (χ1) is 11.5. The van der Waals surface area contributed by atoms with Crippen molar-refractivity contribution in [2.24, 2.45) is 0 Å². The molecule has 0 amide bonds. The maximum atomic E-state index is 12.7. The lowest BCUT2D eigenvalue weighted by Gasteiger charge is -2.34. The highest BCUT2D eigenvalue weighted by atomic mass is 32.2. The Labute approximate surface area is 147 Å². The van der Waals surface area contributed by atoms with Gasteiger partial charge in [-0.25, -0.2) is 8.42 Å². The first kappa shape index (κ1) is 19.4. The molecule has 0 bridgehead atoms. The third-order valence-electron chi connectivity index (χ3n) is 4.83. The standard InChI is InChI=1S/C18H31N3O2S/c1-4-19(5-2)11-6-12-20-13-15-21(16-14-20)24(22,23)18-9-7-17(3)8-10-18/h7-10H,4-6,11-16H2,1-3H3. The molecule has 1 aromatic rings. The number of benzene rings is 1. The summed E-state index contributed by atoms with van der Waals surface area (Å²) in [6.07, 6.45) is 1.15. The molecule has 0 N–H and O–H groups in total. The van der Waals surface area contributed by atoms with E-state index in [-0.39, 0.29) is 0 Å². The summed E-state index contributed by atoms with van der Waals surface area (Å²) in [7, 11) is -3.35. The zero-order valence-corrected chi connectivity index (χ0v) is 16.1. The van der Waals surface area contributed by atoms with Crippen LogP contribution < -0.4 is 0 Å². The minimum atomic E-state index is -3.35. The van der Waals surface area contributed by atoms with E-state index in [0.29, 0.717) is 18.0 Å². The fourth-order valence-corrected chi connectivity index (χ4v) is 4.53. The Kier molecular flexibility index (Phi) is 7.22. The highest BCUT2D eigenvalue weighted by Gasteiger charge is 2.28. The SMILES string of the molecule is CCN(CC)CCCN1CCN(S(=O)(=O)c2ccc(C)cc2)CC1. The van der Waals surface area contributed by atoms with Gasteiger partial charge in [0.15, 0.2) is 0 Å². The highest BCUT2D eigenvalue weighted by Crippen LogP contribution is 2.18. The van der Waals surface area contributed by atoms with Gasteiger partial charge in [0.25, 0.3) is 0 Å². The minimum absolute atomic E-state index is 0.406. The van der Waals surface area contributed by atoms with Gasteiger partial charge in [0, 0.05) is 26.2 Å². The topological polar surface area (TPSA) is 43.9 Å². The van der Waals surface area contributed by atoms with Crippen molar-refractivity contribution in [2.75, 3.05) is 52.4 Å². The predicted octanol–water partition coefficient (Wildman–Crippen LogP) is 2.03. The van der Waals surface area contributed by atoms with Gasteiger partial charge in [0.05, 0.1) is 4.90 Å². The van der Waals surface area contributed by atoms with Crippen LogP contribution in [0.1, 0.15) is 25.8 Å². The number of rotatable bonds is 8. The molecule has 1 aromatic carbocycles. The van der Waals surface area contributed by atoms with E-state index in [1.54, 1.807) is 16.4 Å². The van der Waals surface area contributed by atoms with Crippen LogP contribution in [-0.2, 0) is 10.0 Å². The van der Waals surface area contributed by atoms with Gasteiger partial charge < -0.3 is 9.80 Å². The van der Waals surface area contributed by atoms with Crippen molar-refractivity contribution in [1.82, 2.24) is 14.1 Å².